The first-order valence-corrected chi connectivity index (χ1v) is 21.5. The summed E-state index contributed by atoms with van der Waals surface area (Å²) >= 11 is 0. The van der Waals surface area contributed by atoms with E-state index in [0.717, 1.165) is 49.9 Å². The van der Waals surface area contributed by atoms with Gasteiger partial charge in [-0.15, -0.1) is 0 Å². The van der Waals surface area contributed by atoms with Crippen molar-refractivity contribution in [3.63, 3.8) is 0 Å². The zero-order chi connectivity index (χ0) is 42.0. The first kappa shape index (κ1) is 40.4. The maximum absolute atomic E-state index is 15.0. The molecule has 1 aliphatic carbocycles. The van der Waals surface area contributed by atoms with Crippen molar-refractivity contribution < 1.29 is 23.5 Å². The van der Waals surface area contributed by atoms with Gasteiger partial charge in [-0.1, -0.05) is 48.5 Å². The Balaban J connectivity index is 0.698. The number of carbonyl (C=O) groups is 3. The molecule has 13 nitrogen and oxygen atoms in total. The van der Waals surface area contributed by atoms with Crippen LogP contribution in [0, 0.1) is 5.82 Å². The standard InChI is InChI=1S/C47H51FN8O5/c48-40-11-8-30(25-42-37-6-1-2-7-38(37)45(58)52-51-42)24-39(40)46(59)56-22-20-54(21-23-56)43(57)29-53-16-12-35(13-17-53)61-36-14-18-55(19-15-36)47(60)44-41(49)27-34(28-50-44)33-5-3-4-32(26-33)31-9-10-31/h1-8,11,24,26-28,31,35-36H,9-10,12-23,25,29,49H2,(H,52,58). The van der Waals surface area contributed by atoms with Gasteiger partial charge in [0.2, 0.25) is 5.91 Å². The number of piperidine rings is 2. The summed E-state index contributed by atoms with van der Waals surface area (Å²) in [5.41, 5.74) is 11.4. The van der Waals surface area contributed by atoms with Gasteiger partial charge in [0.15, 0.2) is 5.69 Å². The van der Waals surface area contributed by atoms with Crippen LogP contribution in [0.1, 0.15) is 82.1 Å². The number of anilines is 1. The van der Waals surface area contributed by atoms with Crippen molar-refractivity contribution in [1.29, 1.82) is 0 Å². The molecule has 3 aromatic carbocycles. The van der Waals surface area contributed by atoms with E-state index >= 15 is 4.39 Å². The van der Waals surface area contributed by atoms with Gasteiger partial charge in [0.1, 0.15) is 5.82 Å². The number of H-pyrrole nitrogens is 1. The number of nitrogens with zero attached hydrogens (tertiary/aromatic N) is 6. The fraction of sp³-hybridized carbons (Fsp3) is 0.404. The third-order valence-electron chi connectivity index (χ3n) is 12.7. The van der Waals surface area contributed by atoms with Crippen LogP contribution in [0.15, 0.2) is 83.8 Å². The van der Waals surface area contributed by atoms with Gasteiger partial charge in [-0.05, 0) is 85.4 Å². The number of pyridine rings is 1. The second kappa shape index (κ2) is 17.5. The van der Waals surface area contributed by atoms with Crippen LogP contribution in [0.4, 0.5) is 10.1 Å². The second-order valence-electron chi connectivity index (χ2n) is 16.9. The quantitative estimate of drug-likeness (QED) is 0.192. The average Bonchev–Trinajstić information content (AvgIpc) is 4.15. The molecule has 4 fully saturated rings. The molecule has 3 amide bonds. The van der Waals surface area contributed by atoms with Crippen LogP contribution >= 0.6 is 0 Å². The Bertz CT molecular complexity index is 2500. The Kier molecular flexibility index (Phi) is 11.6. The largest absolute Gasteiger partial charge is 0.397 e. The van der Waals surface area contributed by atoms with E-state index < -0.39 is 11.7 Å². The first-order valence-electron chi connectivity index (χ1n) is 21.5. The van der Waals surface area contributed by atoms with Crippen LogP contribution in [0.5, 0.6) is 0 Å². The summed E-state index contributed by atoms with van der Waals surface area (Å²) in [6.07, 6.45) is 7.83. The van der Waals surface area contributed by atoms with E-state index in [1.807, 2.05) is 23.1 Å². The predicted octanol–water partition coefficient (Wildman–Crippen LogP) is 5.24. The zero-order valence-corrected chi connectivity index (χ0v) is 34.2. The third kappa shape index (κ3) is 9.06. The van der Waals surface area contributed by atoms with E-state index in [2.05, 4.69) is 44.3 Å². The highest BCUT2D eigenvalue weighted by Gasteiger charge is 2.32. The number of rotatable bonds is 10. The molecule has 2 aromatic heterocycles. The maximum atomic E-state index is 15.0. The number of nitrogens with two attached hydrogens (primary N) is 1. The molecule has 0 bridgehead atoms. The number of nitrogens with one attached hydrogen (secondary N) is 1. The SMILES string of the molecule is Nc1cc(-c2cccc(C3CC3)c2)cnc1C(=O)N1CCC(OC2CCN(CC(=O)N3CCN(C(=O)c4cc(Cc5n[nH]c(=O)c6ccccc56)ccc4F)CC3)CC2)CC1. The molecular formula is C47H51FN8O5. The number of likely N-dealkylation sites (tertiary alicyclic amines) is 2. The van der Waals surface area contributed by atoms with Gasteiger partial charge in [0, 0.05) is 75.9 Å². The molecule has 0 unspecified atom stereocenters. The molecule has 4 aliphatic rings. The van der Waals surface area contributed by atoms with Crippen molar-refractivity contribution in [2.75, 3.05) is 64.6 Å². The molecular weight excluding hydrogens is 776 g/mol. The van der Waals surface area contributed by atoms with Crippen LogP contribution in [0.3, 0.4) is 0 Å². The van der Waals surface area contributed by atoms with Crippen LogP contribution < -0.4 is 11.3 Å². The van der Waals surface area contributed by atoms with E-state index in [0.29, 0.717) is 91.6 Å². The number of aromatic amines is 1. The number of benzene rings is 3. The number of fused-ring (bicyclic) bond motifs is 1. The van der Waals surface area contributed by atoms with E-state index in [1.54, 1.807) is 40.3 Å². The van der Waals surface area contributed by atoms with Gasteiger partial charge >= 0.3 is 0 Å². The number of aromatic nitrogens is 3. The second-order valence-corrected chi connectivity index (χ2v) is 16.9. The van der Waals surface area contributed by atoms with Crippen molar-refractivity contribution in [3.8, 4) is 11.1 Å². The minimum Gasteiger partial charge on any atom is -0.397 e. The Morgan fingerprint density at radius 2 is 1.43 bits per heavy atom. The average molecular weight is 827 g/mol. The molecule has 3 saturated heterocycles. The number of hydrogen-bond donors (Lipinski definition) is 2. The first-order chi connectivity index (χ1) is 29.7. The number of ether oxygens (including phenoxy) is 1. The summed E-state index contributed by atoms with van der Waals surface area (Å²) < 4.78 is 21.5. The minimum atomic E-state index is -0.606. The van der Waals surface area contributed by atoms with E-state index in [4.69, 9.17) is 10.5 Å². The van der Waals surface area contributed by atoms with Gasteiger partial charge in [-0.3, -0.25) is 24.1 Å². The smallest absolute Gasteiger partial charge is 0.274 e. The van der Waals surface area contributed by atoms with E-state index in [9.17, 15) is 19.2 Å². The number of amides is 3. The lowest BCUT2D eigenvalue weighted by Crippen LogP contribution is -2.53. The number of nitrogen functional groups attached to an aromatic ring is 1. The van der Waals surface area contributed by atoms with Gasteiger partial charge < -0.3 is 25.2 Å². The van der Waals surface area contributed by atoms with Crippen molar-refractivity contribution in [2.24, 2.45) is 0 Å². The maximum Gasteiger partial charge on any atom is 0.274 e. The summed E-state index contributed by atoms with van der Waals surface area (Å²) in [5.74, 6) is -0.497. The number of halogens is 1. The Morgan fingerprint density at radius 1 is 0.738 bits per heavy atom. The van der Waals surface area contributed by atoms with Gasteiger partial charge in [-0.25, -0.2) is 14.5 Å². The molecule has 5 aromatic rings. The summed E-state index contributed by atoms with van der Waals surface area (Å²) in [5, 5.41) is 7.97. The topological polar surface area (TPSA) is 158 Å². The predicted molar refractivity (Wildman–Crippen MR) is 230 cm³/mol. The highest BCUT2D eigenvalue weighted by atomic mass is 19.1. The lowest BCUT2D eigenvalue weighted by atomic mass is 10.0. The molecule has 14 heteroatoms. The highest BCUT2D eigenvalue weighted by molar-refractivity contribution is 5.98. The molecule has 3 N–H and O–H groups in total. The van der Waals surface area contributed by atoms with Crippen molar-refractivity contribution in [2.45, 2.75) is 63.1 Å². The molecule has 5 heterocycles. The molecule has 0 radical (unpaired) electrons. The zero-order valence-electron chi connectivity index (χ0n) is 34.2. The molecule has 0 atom stereocenters. The lowest BCUT2D eigenvalue weighted by molar-refractivity contribution is -0.135. The van der Waals surface area contributed by atoms with Crippen molar-refractivity contribution >= 4 is 34.2 Å². The number of carbonyl (C=O) groups excluding carboxylic acids is 3. The van der Waals surface area contributed by atoms with Crippen molar-refractivity contribution in [1.82, 2.24) is 34.8 Å². The van der Waals surface area contributed by atoms with Crippen LogP contribution in [0.2, 0.25) is 0 Å². The van der Waals surface area contributed by atoms with Crippen LogP contribution in [-0.2, 0) is 16.0 Å². The lowest BCUT2D eigenvalue weighted by Gasteiger charge is -2.38. The van der Waals surface area contributed by atoms with Gasteiger partial charge in [0.05, 0.1) is 41.1 Å². The number of piperazine rings is 1. The van der Waals surface area contributed by atoms with Gasteiger partial charge in [-0.2, -0.15) is 5.10 Å². The van der Waals surface area contributed by atoms with Crippen molar-refractivity contribution in [3.05, 3.63) is 123 Å². The monoisotopic (exact) mass is 826 g/mol. The molecule has 1 saturated carbocycles. The summed E-state index contributed by atoms with van der Waals surface area (Å²) in [6.45, 7) is 4.34. The summed E-state index contributed by atoms with van der Waals surface area (Å²) in [7, 11) is 0. The van der Waals surface area contributed by atoms with Gasteiger partial charge in [0.25, 0.3) is 17.4 Å². The minimum absolute atomic E-state index is 0.0184. The Morgan fingerprint density at radius 3 is 2.15 bits per heavy atom. The molecule has 9 rings (SSSR count). The summed E-state index contributed by atoms with van der Waals surface area (Å²) in [6, 6.07) is 22.0. The Hall–Kier alpha value is -5.99. The summed E-state index contributed by atoms with van der Waals surface area (Å²) in [4.78, 5) is 64.4. The molecule has 316 valence electrons. The van der Waals surface area contributed by atoms with Crippen LogP contribution in [-0.4, -0.2) is 124 Å². The fourth-order valence-electron chi connectivity index (χ4n) is 8.99. The molecule has 0 spiro atoms. The number of hydrogen-bond acceptors (Lipinski definition) is 9. The highest BCUT2D eigenvalue weighted by Crippen LogP contribution is 2.41. The van der Waals surface area contributed by atoms with Crippen LogP contribution in [0.25, 0.3) is 21.9 Å². The van der Waals surface area contributed by atoms with E-state index in [-0.39, 0.29) is 35.1 Å². The molecule has 3 aliphatic heterocycles. The van der Waals surface area contributed by atoms with E-state index in [1.165, 1.54) is 24.5 Å². The Labute approximate surface area is 353 Å². The normalized spacial score (nSPS) is 18.1. The fourth-order valence-corrected chi connectivity index (χ4v) is 8.99. The third-order valence-corrected chi connectivity index (χ3v) is 12.7. The molecule has 61 heavy (non-hydrogen) atoms.